The van der Waals surface area contributed by atoms with Crippen LogP contribution in [0, 0.1) is 13.8 Å². The van der Waals surface area contributed by atoms with Gasteiger partial charge in [0.15, 0.2) is 0 Å². The molecule has 0 bridgehead atoms. The fourth-order valence-electron chi connectivity index (χ4n) is 1.32. The first-order valence-corrected chi connectivity index (χ1v) is 5.54. The molecule has 0 saturated heterocycles. The van der Waals surface area contributed by atoms with Crippen molar-refractivity contribution in [3.8, 4) is 0 Å². The monoisotopic (exact) mass is 241 g/mol. The Morgan fingerprint density at radius 3 is 2.82 bits per heavy atom. The largest absolute Gasteiger partial charge is 0.385 e. The molecule has 1 heterocycles. The second-order valence-corrected chi connectivity index (χ2v) is 3.95. The molecular weight excluding hydrogens is 222 g/mol. The van der Waals surface area contributed by atoms with E-state index in [0.717, 1.165) is 17.7 Å². The number of aryl methyl sites for hydroxylation is 1. The number of methoxy groups -OCH3 is 1. The number of carbonyl (C=O) groups is 1. The predicted molar refractivity (Wildman–Crippen MR) is 63.7 cm³/mol. The van der Waals surface area contributed by atoms with Crippen LogP contribution in [0.15, 0.2) is 4.52 Å². The van der Waals surface area contributed by atoms with E-state index in [0.29, 0.717) is 18.9 Å². The van der Waals surface area contributed by atoms with Gasteiger partial charge >= 0.3 is 0 Å². The van der Waals surface area contributed by atoms with E-state index in [9.17, 15) is 4.79 Å². The highest BCUT2D eigenvalue weighted by atomic mass is 16.5. The number of nitrogens with two attached hydrogens (primary N) is 1. The molecule has 3 N–H and O–H groups in total. The van der Waals surface area contributed by atoms with Gasteiger partial charge in [0.05, 0.1) is 11.7 Å². The minimum absolute atomic E-state index is 0.264. The van der Waals surface area contributed by atoms with E-state index < -0.39 is 6.04 Å². The number of aromatic nitrogens is 1. The Balaban J connectivity index is 2.46. The van der Waals surface area contributed by atoms with Crippen LogP contribution in [-0.2, 0) is 9.53 Å². The summed E-state index contributed by atoms with van der Waals surface area (Å²) in [6.45, 7) is 4.24. The van der Waals surface area contributed by atoms with Crippen LogP contribution in [0.2, 0.25) is 0 Å². The molecule has 6 heteroatoms. The fraction of sp³-hybridized carbons (Fsp3) is 0.636. The van der Waals surface area contributed by atoms with Crippen molar-refractivity contribution in [3.05, 3.63) is 11.3 Å². The maximum atomic E-state index is 11.7. The molecule has 0 aliphatic rings. The van der Waals surface area contributed by atoms with Gasteiger partial charge in [-0.1, -0.05) is 5.16 Å². The minimum atomic E-state index is -0.560. The summed E-state index contributed by atoms with van der Waals surface area (Å²) in [5, 5.41) is 6.38. The Morgan fingerprint density at radius 2 is 2.29 bits per heavy atom. The molecule has 0 saturated carbocycles. The minimum Gasteiger partial charge on any atom is -0.385 e. The average Bonchev–Trinajstić information content (AvgIpc) is 2.61. The maximum Gasteiger partial charge on any atom is 0.243 e. The van der Waals surface area contributed by atoms with E-state index >= 15 is 0 Å². The quantitative estimate of drug-likeness (QED) is 0.725. The number of rotatable bonds is 6. The topological polar surface area (TPSA) is 90.4 Å². The summed E-state index contributed by atoms with van der Waals surface area (Å²) in [7, 11) is 1.62. The molecule has 0 fully saturated rings. The van der Waals surface area contributed by atoms with Crippen LogP contribution < -0.4 is 11.1 Å². The molecule has 0 radical (unpaired) electrons. The summed E-state index contributed by atoms with van der Waals surface area (Å²) in [6, 6.07) is -0.560. The number of hydrogen-bond donors (Lipinski definition) is 2. The lowest BCUT2D eigenvalue weighted by Gasteiger charge is -2.10. The third-order valence-electron chi connectivity index (χ3n) is 2.59. The van der Waals surface area contributed by atoms with Crippen LogP contribution in [0.25, 0.3) is 0 Å². The van der Waals surface area contributed by atoms with Crippen LogP contribution in [-0.4, -0.2) is 30.8 Å². The van der Waals surface area contributed by atoms with E-state index in [1.165, 1.54) is 0 Å². The summed E-state index contributed by atoms with van der Waals surface area (Å²) in [4.78, 5) is 11.7. The molecule has 0 aromatic carbocycles. The summed E-state index contributed by atoms with van der Waals surface area (Å²) >= 11 is 0. The van der Waals surface area contributed by atoms with Crippen LogP contribution in [0.1, 0.15) is 24.1 Å². The second kappa shape index (κ2) is 6.36. The van der Waals surface area contributed by atoms with Crippen molar-refractivity contribution in [2.75, 3.05) is 19.0 Å². The Hall–Kier alpha value is -1.40. The van der Waals surface area contributed by atoms with E-state index in [4.69, 9.17) is 15.0 Å². The molecule has 17 heavy (non-hydrogen) atoms. The molecule has 96 valence electrons. The number of nitrogens with one attached hydrogen (secondary N) is 1. The molecule has 1 aromatic heterocycles. The number of ether oxygens (including phenoxy) is 1. The third kappa shape index (κ3) is 3.83. The summed E-state index contributed by atoms with van der Waals surface area (Å²) in [5.41, 5.74) is 7.31. The van der Waals surface area contributed by atoms with Gasteiger partial charge in [-0.05, 0) is 26.7 Å². The van der Waals surface area contributed by atoms with Crippen molar-refractivity contribution in [1.29, 1.82) is 0 Å². The fourth-order valence-corrected chi connectivity index (χ4v) is 1.32. The molecule has 0 aliphatic heterocycles. The van der Waals surface area contributed by atoms with Gasteiger partial charge in [0, 0.05) is 19.3 Å². The summed E-state index contributed by atoms with van der Waals surface area (Å²) < 4.78 is 9.88. The Morgan fingerprint density at radius 1 is 1.59 bits per heavy atom. The van der Waals surface area contributed by atoms with Crippen LogP contribution in [0.5, 0.6) is 0 Å². The molecule has 1 aromatic rings. The smallest absolute Gasteiger partial charge is 0.243 e. The Labute approximate surface area is 100 Å². The van der Waals surface area contributed by atoms with Gasteiger partial charge < -0.3 is 15.0 Å². The predicted octanol–water partition coefficient (Wildman–Crippen LogP) is 0.984. The molecule has 1 atom stereocenters. The molecule has 0 spiro atoms. The van der Waals surface area contributed by atoms with E-state index in [2.05, 4.69) is 10.5 Å². The summed E-state index contributed by atoms with van der Waals surface area (Å²) in [6.07, 6.45) is 1.32. The van der Waals surface area contributed by atoms with Gasteiger partial charge in [0.25, 0.3) is 0 Å². The lowest BCUT2D eigenvalue weighted by atomic mass is 10.1. The van der Waals surface area contributed by atoms with E-state index in [1.807, 2.05) is 13.8 Å². The van der Waals surface area contributed by atoms with Gasteiger partial charge in [0.1, 0.15) is 0 Å². The van der Waals surface area contributed by atoms with Gasteiger partial charge in [0.2, 0.25) is 11.8 Å². The zero-order chi connectivity index (χ0) is 12.8. The highest BCUT2D eigenvalue weighted by molar-refractivity contribution is 5.94. The third-order valence-corrected chi connectivity index (χ3v) is 2.59. The Bertz CT molecular complexity index is 376. The standard InChI is InChI=1S/C11H19N3O3/c1-7-8(2)14-17-11(7)13-10(15)9(12)5-4-6-16-3/h9H,4-6,12H2,1-3H3,(H,13,15). The second-order valence-electron chi connectivity index (χ2n) is 3.95. The normalized spacial score (nSPS) is 12.5. The first-order chi connectivity index (χ1) is 8.06. The summed E-state index contributed by atoms with van der Waals surface area (Å²) in [5.74, 6) is 0.107. The van der Waals surface area contributed by atoms with Gasteiger partial charge in [-0.15, -0.1) is 0 Å². The number of nitrogens with zero attached hydrogens (tertiary/aromatic N) is 1. The van der Waals surface area contributed by atoms with Crippen molar-refractivity contribution >= 4 is 11.8 Å². The van der Waals surface area contributed by atoms with Crippen molar-refractivity contribution in [3.63, 3.8) is 0 Å². The SMILES string of the molecule is COCCCC(N)C(=O)Nc1onc(C)c1C. The van der Waals surface area contributed by atoms with Crippen LogP contribution in [0.3, 0.4) is 0 Å². The number of amides is 1. The highest BCUT2D eigenvalue weighted by Crippen LogP contribution is 2.17. The lowest BCUT2D eigenvalue weighted by Crippen LogP contribution is -2.35. The van der Waals surface area contributed by atoms with E-state index in [1.54, 1.807) is 7.11 Å². The zero-order valence-electron chi connectivity index (χ0n) is 10.4. The molecule has 0 aliphatic carbocycles. The van der Waals surface area contributed by atoms with Crippen LogP contribution >= 0.6 is 0 Å². The maximum absolute atomic E-state index is 11.7. The number of carbonyl (C=O) groups excluding carboxylic acids is 1. The molecular formula is C11H19N3O3. The Kier molecular flexibility index (Phi) is 5.11. The van der Waals surface area contributed by atoms with Crippen LogP contribution in [0.4, 0.5) is 5.88 Å². The number of hydrogen-bond acceptors (Lipinski definition) is 5. The highest BCUT2D eigenvalue weighted by Gasteiger charge is 2.17. The first kappa shape index (κ1) is 13.7. The molecule has 1 unspecified atom stereocenters. The molecule has 1 rings (SSSR count). The van der Waals surface area contributed by atoms with Crippen molar-refractivity contribution in [2.24, 2.45) is 5.73 Å². The average molecular weight is 241 g/mol. The van der Waals surface area contributed by atoms with Gasteiger partial charge in [-0.2, -0.15) is 0 Å². The lowest BCUT2D eigenvalue weighted by molar-refractivity contribution is -0.117. The van der Waals surface area contributed by atoms with Crippen molar-refractivity contribution in [1.82, 2.24) is 5.16 Å². The zero-order valence-corrected chi connectivity index (χ0v) is 10.4. The van der Waals surface area contributed by atoms with Gasteiger partial charge in [-0.25, -0.2) is 0 Å². The van der Waals surface area contributed by atoms with Gasteiger partial charge in [-0.3, -0.25) is 10.1 Å². The first-order valence-electron chi connectivity index (χ1n) is 5.54. The molecule has 1 amide bonds. The molecule has 6 nitrogen and oxygen atoms in total. The van der Waals surface area contributed by atoms with Crippen molar-refractivity contribution in [2.45, 2.75) is 32.7 Å². The van der Waals surface area contributed by atoms with Crippen molar-refractivity contribution < 1.29 is 14.1 Å². The number of anilines is 1. The van der Waals surface area contributed by atoms with E-state index in [-0.39, 0.29) is 5.91 Å².